The fourth-order valence-corrected chi connectivity index (χ4v) is 1.73. The van der Waals surface area contributed by atoms with Crippen LogP contribution in [0, 0.1) is 0 Å². The smallest absolute Gasteiger partial charge is 0.294 e. The second kappa shape index (κ2) is 4.63. The van der Waals surface area contributed by atoms with Gasteiger partial charge in [0.15, 0.2) is 5.78 Å². The molecule has 0 fully saturated rings. The summed E-state index contributed by atoms with van der Waals surface area (Å²) in [7, 11) is 0. The number of halogens is 5. The van der Waals surface area contributed by atoms with Gasteiger partial charge < -0.3 is 0 Å². The van der Waals surface area contributed by atoms with Crippen molar-refractivity contribution in [1.82, 2.24) is 0 Å². The Labute approximate surface area is 97.4 Å². The van der Waals surface area contributed by atoms with E-state index in [4.69, 9.17) is 0 Å². The first kappa shape index (κ1) is 12.7. The topological polar surface area (TPSA) is 17.1 Å². The van der Waals surface area contributed by atoms with Gasteiger partial charge in [-0.3, -0.25) is 4.79 Å². The zero-order valence-electron chi connectivity index (χ0n) is 7.50. The number of carbonyl (C=O) groups is 1. The maximum atomic E-state index is 13.1. The van der Waals surface area contributed by atoms with Crippen molar-refractivity contribution in [2.45, 2.75) is 19.0 Å². The molecule has 0 aliphatic heterocycles. The van der Waals surface area contributed by atoms with E-state index in [2.05, 4.69) is 0 Å². The molecule has 0 heterocycles. The first-order chi connectivity index (χ1) is 6.86. The Morgan fingerprint density at radius 3 is 2.40 bits per heavy atom. The molecule has 0 saturated carbocycles. The van der Waals surface area contributed by atoms with E-state index in [-0.39, 0.29) is 22.8 Å². The van der Waals surface area contributed by atoms with Gasteiger partial charge in [0.25, 0.3) is 0 Å². The lowest BCUT2D eigenvalue weighted by atomic mass is 9.95. The van der Waals surface area contributed by atoms with Crippen LogP contribution in [0.1, 0.15) is 12.8 Å². The third-order valence-electron chi connectivity index (χ3n) is 2.06. The zero-order valence-corrected chi connectivity index (χ0v) is 9.65. The molecule has 0 aromatic rings. The van der Waals surface area contributed by atoms with E-state index in [1.807, 2.05) is 0 Å². The van der Waals surface area contributed by atoms with Crippen LogP contribution in [0.15, 0.2) is 23.0 Å². The Balaban J connectivity index is 2.99. The van der Waals surface area contributed by atoms with Crippen LogP contribution >= 0.6 is 22.6 Å². The minimum atomic E-state index is -4.50. The number of alkyl halides is 4. The van der Waals surface area contributed by atoms with Gasteiger partial charge in [-0.1, -0.05) is 22.6 Å². The van der Waals surface area contributed by atoms with Gasteiger partial charge in [0.05, 0.1) is 4.43 Å². The maximum absolute atomic E-state index is 13.1. The van der Waals surface area contributed by atoms with Crippen LogP contribution in [0.2, 0.25) is 0 Å². The number of ketones is 1. The van der Waals surface area contributed by atoms with Crippen molar-refractivity contribution >= 4 is 28.4 Å². The van der Waals surface area contributed by atoms with Crippen molar-refractivity contribution in [2.24, 2.45) is 0 Å². The monoisotopic (exact) mass is 334 g/mol. The maximum Gasteiger partial charge on any atom is 0.412 e. The van der Waals surface area contributed by atoms with Gasteiger partial charge >= 0.3 is 6.18 Å². The first-order valence-corrected chi connectivity index (χ1v) is 5.64. The molecule has 15 heavy (non-hydrogen) atoms. The normalized spacial score (nSPS) is 17.8. The summed E-state index contributed by atoms with van der Waals surface area (Å²) in [6.45, 7) is 0. The van der Waals surface area contributed by atoms with Gasteiger partial charge in [0, 0.05) is 11.1 Å². The summed E-state index contributed by atoms with van der Waals surface area (Å²) in [5, 5.41) is 0. The van der Waals surface area contributed by atoms with Crippen LogP contribution in [-0.2, 0) is 4.79 Å². The Bertz CT molecular complexity index is 341. The number of rotatable bonds is 2. The summed E-state index contributed by atoms with van der Waals surface area (Å²) >= 11 is 1.75. The standard InChI is InChI=1S/C9H7F4IO/c10-7-3-5(9(11,12)13)1-2-6(7)8(15)4-14/h3H,1-2,4H2. The van der Waals surface area contributed by atoms with Crippen molar-refractivity contribution in [2.75, 3.05) is 4.43 Å². The van der Waals surface area contributed by atoms with E-state index in [0.717, 1.165) is 0 Å². The second-order valence-corrected chi connectivity index (χ2v) is 3.81. The van der Waals surface area contributed by atoms with Crippen molar-refractivity contribution in [3.63, 3.8) is 0 Å². The molecule has 0 N–H and O–H groups in total. The predicted molar refractivity (Wildman–Crippen MR) is 55.4 cm³/mol. The SMILES string of the molecule is O=C(CI)C1=C(F)C=C(C(F)(F)F)CC1. The minimum absolute atomic E-state index is 0.0791. The van der Waals surface area contributed by atoms with Crippen molar-refractivity contribution < 1.29 is 22.4 Å². The van der Waals surface area contributed by atoms with Gasteiger partial charge in [-0.15, -0.1) is 0 Å². The van der Waals surface area contributed by atoms with Gasteiger partial charge in [-0.25, -0.2) is 4.39 Å². The van der Waals surface area contributed by atoms with Crippen LogP contribution < -0.4 is 0 Å². The summed E-state index contributed by atoms with van der Waals surface area (Å²) in [6.07, 6.45) is -4.58. The molecule has 1 aliphatic carbocycles. The molecule has 0 bridgehead atoms. The average Bonchev–Trinajstić information content (AvgIpc) is 2.15. The number of hydrogen-bond donors (Lipinski definition) is 0. The molecule has 84 valence electrons. The molecule has 0 aromatic carbocycles. The van der Waals surface area contributed by atoms with Crippen LogP contribution in [0.5, 0.6) is 0 Å². The Kier molecular flexibility index (Phi) is 3.91. The zero-order chi connectivity index (χ0) is 11.6. The van der Waals surface area contributed by atoms with Crippen molar-refractivity contribution in [3.8, 4) is 0 Å². The highest BCUT2D eigenvalue weighted by atomic mass is 127. The summed E-state index contributed by atoms with van der Waals surface area (Å²) in [5.74, 6) is -1.49. The van der Waals surface area contributed by atoms with Gasteiger partial charge in [-0.2, -0.15) is 13.2 Å². The van der Waals surface area contributed by atoms with E-state index in [1.165, 1.54) is 0 Å². The minimum Gasteiger partial charge on any atom is -0.294 e. The largest absolute Gasteiger partial charge is 0.412 e. The summed E-state index contributed by atoms with van der Waals surface area (Å²) in [4.78, 5) is 11.1. The molecular formula is C9H7F4IO. The van der Waals surface area contributed by atoms with Crippen molar-refractivity contribution in [1.29, 1.82) is 0 Å². The molecule has 0 unspecified atom stereocenters. The summed E-state index contributed by atoms with van der Waals surface area (Å²) in [5.41, 5.74) is -1.04. The van der Waals surface area contributed by atoms with Crippen LogP contribution in [0.3, 0.4) is 0 Å². The Morgan fingerprint density at radius 2 is 2.00 bits per heavy atom. The highest BCUT2D eigenvalue weighted by molar-refractivity contribution is 14.1. The van der Waals surface area contributed by atoms with Gasteiger partial charge in [0.2, 0.25) is 0 Å². The molecule has 1 rings (SSSR count). The van der Waals surface area contributed by atoms with E-state index in [0.29, 0.717) is 6.08 Å². The Morgan fingerprint density at radius 1 is 1.40 bits per heavy atom. The number of hydrogen-bond acceptors (Lipinski definition) is 1. The van der Waals surface area contributed by atoms with Crippen molar-refractivity contribution in [3.05, 3.63) is 23.0 Å². The molecular weight excluding hydrogens is 327 g/mol. The lowest BCUT2D eigenvalue weighted by Gasteiger charge is -2.17. The average molecular weight is 334 g/mol. The summed E-state index contributed by atoms with van der Waals surface area (Å²) in [6, 6.07) is 0. The van der Waals surface area contributed by atoms with E-state index < -0.39 is 23.4 Å². The van der Waals surface area contributed by atoms with Gasteiger partial charge in [0.1, 0.15) is 5.83 Å². The van der Waals surface area contributed by atoms with Crippen LogP contribution in [0.25, 0.3) is 0 Å². The molecule has 0 spiro atoms. The number of allylic oxidation sites excluding steroid dienone is 4. The molecule has 1 nitrogen and oxygen atoms in total. The lowest BCUT2D eigenvalue weighted by molar-refractivity contribution is -0.113. The second-order valence-electron chi connectivity index (χ2n) is 3.05. The van der Waals surface area contributed by atoms with E-state index >= 15 is 0 Å². The predicted octanol–water partition coefficient (Wildman–Crippen LogP) is 3.50. The van der Waals surface area contributed by atoms with Gasteiger partial charge in [-0.05, 0) is 18.9 Å². The number of carbonyl (C=O) groups excluding carboxylic acids is 1. The fraction of sp³-hybridized carbons (Fsp3) is 0.444. The fourth-order valence-electron chi connectivity index (χ4n) is 1.27. The van der Waals surface area contributed by atoms with Crippen LogP contribution in [0.4, 0.5) is 17.6 Å². The lowest BCUT2D eigenvalue weighted by Crippen LogP contribution is -2.17. The third kappa shape index (κ3) is 3.02. The molecule has 0 atom stereocenters. The summed E-state index contributed by atoms with van der Waals surface area (Å²) < 4.78 is 49.8. The van der Waals surface area contributed by atoms with E-state index in [9.17, 15) is 22.4 Å². The Hall–Kier alpha value is -0.400. The highest BCUT2D eigenvalue weighted by Gasteiger charge is 2.36. The molecule has 0 radical (unpaired) electrons. The molecule has 0 saturated heterocycles. The highest BCUT2D eigenvalue weighted by Crippen LogP contribution is 2.35. The van der Waals surface area contributed by atoms with Crippen LogP contribution in [-0.4, -0.2) is 16.4 Å². The molecule has 1 aliphatic rings. The van der Waals surface area contributed by atoms with E-state index in [1.54, 1.807) is 22.6 Å². The molecule has 6 heteroatoms. The quantitative estimate of drug-likeness (QED) is 0.429. The molecule has 0 amide bonds. The first-order valence-electron chi connectivity index (χ1n) is 4.12. The third-order valence-corrected chi connectivity index (χ3v) is 2.75. The molecule has 0 aromatic heterocycles. The number of Topliss-reactive ketones (excluding diaryl/α,β-unsaturated/α-hetero) is 1.